The molecular weight excluding hydrogens is 338 g/mol. The minimum Gasteiger partial charge on any atom is -0.609 e. The molecule has 6 nitrogen and oxygen atoms in total. The number of carbonyl (C=O) groups is 1. The summed E-state index contributed by atoms with van der Waals surface area (Å²) in [5.74, 6) is 0.685. The first-order chi connectivity index (χ1) is 11.9. The molecule has 2 aromatic heterocycles. The van der Waals surface area contributed by atoms with Crippen molar-refractivity contribution in [1.82, 2.24) is 14.5 Å². The Kier molecular flexibility index (Phi) is 4.78. The molecule has 2 heterocycles. The SMILES string of the molecule is COc1c(C)cnc(C[S@+]([O-])c2nc3ccccc3n2C(C)=O)c1C. The van der Waals surface area contributed by atoms with E-state index < -0.39 is 11.2 Å². The average Bonchev–Trinajstić information content (AvgIpc) is 2.97. The Morgan fingerprint density at radius 2 is 2.04 bits per heavy atom. The fourth-order valence-electron chi connectivity index (χ4n) is 2.87. The van der Waals surface area contributed by atoms with Gasteiger partial charge in [-0.3, -0.25) is 9.78 Å². The van der Waals surface area contributed by atoms with Gasteiger partial charge >= 0.3 is 5.16 Å². The van der Waals surface area contributed by atoms with Gasteiger partial charge in [-0.25, -0.2) is 4.57 Å². The minimum atomic E-state index is -1.51. The zero-order valence-electron chi connectivity index (χ0n) is 14.6. The van der Waals surface area contributed by atoms with Gasteiger partial charge in [0.15, 0.2) is 5.75 Å². The molecular formula is C18H19N3O3S. The number of para-hydroxylation sites is 2. The molecule has 0 saturated heterocycles. The predicted octanol–water partition coefficient (Wildman–Crippen LogP) is 3.02. The number of hydrogen-bond acceptors (Lipinski definition) is 5. The first-order valence-corrected chi connectivity index (χ1v) is 9.11. The molecule has 0 bridgehead atoms. The molecule has 7 heteroatoms. The molecule has 0 N–H and O–H groups in total. The average molecular weight is 357 g/mol. The summed E-state index contributed by atoms with van der Waals surface area (Å²) in [6.07, 6.45) is 1.70. The van der Waals surface area contributed by atoms with Crippen molar-refractivity contribution in [2.45, 2.75) is 31.7 Å². The van der Waals surface area contributed by atoms with Gasteiger partial charge in [0.25, 0.3) is 0 Å². The molecule has 0 aliphatic heterocycles. The van der Waals surface area contributed by atoms with Crippen LogP contribution in [0.2, 0.25) is 0 Å². The van der Waals surface area contributed by atoms with Crippen molar-refractivity contribution < 1.29 is 14.1 Å². The van der Waals surface area contributed by atoms with E-state index in [1.807, 2.05) is 26.0 Å². The second-order valence-corrected chi connectivity index (χ2v) is 7.12. The van der Waals surface area contributed by atoms with E-state index in [0.29, 0.717) is 16.7 Å². The molecule has 0 amide bonds. The molecule has 0 saturated carbocycles. The molecule has 3 aromatic rings. The number of hydrogen-bond donors (Lipinski definition) is 0. The fraction of sp³-hybridized carbons (Fsp3) is 0.278. The molecule has 0 fully saturated rings. The Bertz CT molecular complexity index is 952. The molecule has 0 unspecified atom stereocenters. The molecule has 0 spiro atoms. The molecule has 1 aromatic carbocycles. The van der Waals surface area contributed by atoms with Crippen LogP contribution in [0.1, 0.15) is 28.5 Å². The maximum absolute atomic E-state index is 12.9. The van der Waals surface area contributed by atoms with Crippen LogP contribution in [0.5, 0.6) is 5.75 Å². The lowest BCUT2D eigenvalue weighted by atomic mass is 10.1. The smallest absolute Gasteiger partial charge is 0.331 e. The zero-order valence-corrected chi connectivity index (χ0v) is 15.4. The number of carbonyl (C=O) groups excluding carboxylic acids is 1. The summed E-state index contributed by atoms with van der Waals surface area (Å²) in [4.78, 5) is 20.9. The van der Waals surface area contributed by atoms with Gasteiger partial charge < -0.3 is 9.29 Å². The minimum absolute atomic E-state index is 0.166. The molecule has 1 atom stereocenters. The lowest BCUT2D eigenvalue weighted by Gasteiger charge is -2.14. The highest BCUT2D eigenvalue weighted by Crippen LogP contribution is 2.27. The normalized spacial score (nSPS) is 12.4. The van der Waals surface area contributed by atoms with Crippen molar-refractivity contribution in [2.24, 2.45) is 0 Å². The topological polar surface area (TPSA) is 80.1 Å². The number of pyridine rings is 1. The number of fused-ring (bicyclic) bond motifs is 1. The summed E-state index contributed by atoms with van der Waals surface area (Å²) < 4.78 is 19.7. The number of benzene rings is 1. The van der Waals surface area contributed by atoms with Gasteiger partial charge in [-0.1, -0.05) is 12.1 Å². The van der Waals surface area contributed by atoms with Gasteiger partial charge in [-0.05, 0) is 26.0 Å². The lowest BCUT2D eigenvalue weighted by Crippen LogP contribution is -2.17. The highest BCUT2D eigenvalue weighted by molar-refractivity contribution is 7.90. The van der Waals surface area contributed by atoms with Gasteiger partial charge in [0.1, 0.15) is 5.75 Å². The van der Waals surface area contributed by atoms with Crippen molar-refractivity contribution in [2.75, 3.05) is 7.11 Å². The molecule has 3 rings (SSSR count). The number of imidazole rings is 1. The van der Waals surface area contributed by atoms with E-state index in [4.69, 9.17) is 4.74 Å². The summed E-state index contributed by atoms with van der Waals surface area (Å²) >= 11 is -1.51. The number of aromatic nitrogens is 3. The first kappa shape index (κ1) is 17.4. The van der Waals surface area contributed by atoms with E-state index in [-0.39, 0.29) is 16.8 Å². The molecule has 130 valence electrons. The Labute approximate surface area is 149 Å². The van der Waals surface area contributed by atoms with Crippen molar-refractivity contribution in [3.63, 3.8) is 0 Å². The van der Waals surface area contributed by atoms with Crippen molar-refractivity contribution in [3.8, 4) is 5.75 Å². The third kappa shape index (κ3) is 3.12. The van der Waals surface area contributed by atoms with Gasteiger partial charge in [0.05, 0.1) is 23.8 Å². The Hall–Kier alpha value is -2.38. The van der Waals surface area contributed by atoms with E-state index in [9.17, 15) is 9.35 Å². The van der Waals surface area contributed by atoms with Gasteiger partial charge in [-0.2, -0.15) is 4.98 Å². The summed E-state index contributed by atoms with van der Waals surface area (Å²) in [6.45, 7) is 5.24. The number of ether oxygens (including phenoxy) is 1. The number of aryl methyl sites for hydroxylation is 1. The molecule has 0 aliphatic carbocycles. The standard InChI is InChI=1S/C18H19N3O3S/c1-11-9-19-15(12(2)17(11)24-4)10-25(23)18-20-14-7-5-6-8-16(14)21(18)13(3)22/h5-9H,10H2,1-4H3/t25-/m0/s1. The Balaban J connectivity index is 2.02. The third-order valence-electron chi connectivity index (χ3n) is 4.07. The largest absolute Gasteiger partial charge is 0.609 e. The van der Waals surface area contributed by atoms with Crippen LogP contribution in [0.4, 0.5) is 0 Å². The summed E-state index contributed by atoms with van der Waals surface area (Å²) in [5.41, 5.74) is 3.74. The number of methoxy groups -OCH3 is 1. The summed E-state index contributed by atoms with van der Waals surface area (Å²) in [6, 6.07) is 7.26. The van der Waals surface area contributed by atoms with Crippen LogP contribution in [0.25, 0.3) is 11.0 Å². The van der Waals surface area contributed by atoms with Crippen LogP contribution in [-0.4, -0.2) is 32.1 Å². The van der Waals surface area contributed by atoms with E-state index in [0.717, 1.165) is 16.9 Å². The maximum Gasteiger partial charge on any atom is 0.331 e. The van der Waals surface area contributed by atoms with Crippen molar-refractivity contribution in [1.29, 1.82) is 0 Å². The Morgan fingerprint density at radius 1 is 1.32 bits per heavy atom. The van der Waals surface area contributed by atoms with Crippen LogP contribution < -0.4 is 4.74 Å². The number of nitrogens with zero attached hydrogens (tertiary/aromatic N) is 3. The predicted molar refractivity (Wildman–Crippen MR) is 96.4 cm³/mol. The van der Waals surface area contributed by atoms with Gasteiger partial charge in [-0.15, -0.1) is 0 Å². The quantitative estimate of drug-likeness (QED) is 0.671. The summed E-state index contributed by atoms with van der Waals surface area (Å²) in [7, 11) is 1.60. The third-order valence-corrected chi connectivity index (χ3v) is 5.28. The van der Waals surface area contributed by atoms with E-state index in [1.54, 1.807) is 25.4 Å². The van der Waals surface area contributed by atoms with Gasteiger partial charge in [0, 0.05) is 35.4 Å². The lowest BCUT2D eigenvalue weighted by molar-refractivity contribution is 0.0930. The van der Waals surface area contributed by atoms with Crippen LogP contribution >= 0.6 is 0 Å². The molecule has 25 heavy (non-hydrogen) atoms. The van der Waals surface area contributed by atoms with Crippen LogP contribution in [-0.2, 0) is 16.9 Å². The number of rotatable bonds is 4. The highest BCUT2D eigenvalue weighted by atomic mass is 32.2. The fourth-order valence-corrected chi connectivity index (χ4v) is 4.17. The van der Waals surface area contributed by atoms with E-state index >= 15 is 0 Å². The molecule has 0 radical (unpaired) electrons. The van der Waals surface area contributed by atoms with Crippen LogP contribution in [0.15, 0.2) is 35.6 Å². The second kappa shape index (κ2) is 6.85. The monoisotopic (exact) mass is 357 g/mol. The highest BCUT2D eigenvalue weighted by Gasteiger charge is 2.26. The van der Waals surface area contributed by atoms with Crippen molar-refractivity contribution >= 4 is 28.1 Å². The second-order valence-electron chi connectivity index (χ2n) is 5.77. The Morgan fingerprint density at radius 3 is 2.72 bits per heavy atom. The van der Waals surface area contributed by atoms with Gasteiger partial charge in [0.2, 0.25) is 5.91 Å². The van der Waals surface area contributed by atoms with E-state index in [2.05, 4.69) is 9.97 Å². The molecule has 0 aliphatic rings. The summed E-state index contributed by atoms with van der Waals surface area (Å²) in [5, 5.41) is 0.245. The zero-order chi connectivity index (χ0) is 18.1. The van der Waals surface area contributed by atoms with Crippen LogP contribution in [0.3, 0.4) is 0 Å². The first-order valence-electron chi connectivity index (χ1n) is 7.80. The maximum atomic E-state index is 12.9. The van der Waals surface area contributed by atoms with E-state index in [1.165, 1.54) is 11.5 Å². The van der Waals surface area contributed by atoms with Crippen LogP contribution in [0, 0.1) is 13.8 Å². The van der Waals surface area contributed by atoms with Crippen molar-refractivity contribution in [3.05, 3.63) is 47.3 Å².